The van der Waals surface area contributed by atoms with E-state index in [-0.39, 0.29) is 46.7 Å². The van der Waals surface area contributed by atoms with Crippen LogP contribution in [0, 0.1) is 40.4 Å². The average molecular weight is 513 g/mol. The quantitative estimate of drug-likeness (QED) is 0.222. The van der Waals surface area contributed by atoms with Gasteiger partial charge in [-0.05, 0) is 79.1 Å². The van der Waals surface area contributed by atoms with E-state index in [9.17, 15) is 9.59 Å². The second-order valence-corrected chi connectivity index (χ2v) is 13.8. The Morgan fingerprint density at radius 3 is 2.32 bits per heavy atom. The van der Waals surface area contributed by atoms with Crippen LogP contribution in [-0.2, 0) is 23.8 Å². The molecule has 0 aromatic carbocycles. The minimum absolute atomic E-state index is 0.0854. The van der Waals surface area contributed by atoms with Crippen LogP contribution in [0.25, 0.3) is 0 Å². The molecule has 4 aliphatic carbocycles. The molecular weight excluding hydrogens is 464 g/mol. The Balaban J connectivity index is 1.48. The molecule has 0 N–H and O–H groups in total. The van der Waals surface area contributed by atoms with Gasteiger partial charge in [0.2, 0.25) is 0 Å². The van der Waals surface area contributed by atoms with E-state index < -0.39 is 0 Å². The minimum atomic E-state index is -0.390. The van der Waals surface area contributed by atoms with E-state index in [0.29, 0.717) is 36.0 Å². The molecule has 0 aromatic rings. The summed E-state index contributed by atoms with van der Waals surface area (Å²) in [6, 6.07) is 0. The monoisotopic (exact) mass is 512 g/mol. The van der Waals surface area contributed by atoms with Crippen LogP contribution in [0.2, 0.25) is 0 Å². The van der Waals surface area contributed by atoms with Crippen LogP contribution in [-0.4, -0.2) is 35.9 Å². The maximum absolute atomic E-state index is 12.4. The van der Waals surface area contributed by atoms with Gasteiger partial charge in [-0.15, -0.1) is 0 Å². The lowest BCUT2D eigenvalue weighted by molar-refractivity contribution is -0.151. The molecule has 1 saturated heterocycles. The largest absolute Gasteiger partial charge is 0.462 e. The molecule has 1 spiro atoms. The van der Waals surface area contributed by atoms with Gasteiger partial charge in [0, 0.05) is 25.7 Å². The highest BCUT2D eigenvalue weighted by Gasteiger charge is 2.77. The molecule has 2 saturated carbocycles. The third-order valence-corrected chi connectivity index (χ3v) is 11.5. The molecule has 37 heavy (non-hydrogen) atoms. The highest BCUT2D eigenvalue weighted by atomic mass is 16.7. The van der Waals surface area contributed by atoms with Crippen molar-refractivity contribution in [2.24, 2.45) is 40.4 Å². The normalized spacial score (nSPS) is 44.0. The van der Waals surface area contributed by atoms with Crippen LogP contribution in [0.4, 0.5) is 0 Å². The molecule has 5 heteroatoms. The maximum Gasteiger partial charge on any atom is 0.303 e. The number of allylic oxidation sites excluding steroid dienone is 2. The average Bonchev–Trinajstić information content (AvgIpc) is 3.43. The molecule has 1 heterocycles. The van der Waals surface area contributed by atoms with Crippen LogP contribution >= 0.6 is 0 Å². The van der Waals surface area contributed by atoms with Crippen molar-refractivity contribution < 1.29 is 23.8 Å². The van der Waals surface area contributed by atoms with Crippen molar-refractivity contribution in [3.63, 3.8) is 0 Å². The first-order valence-corrected chi connectivity index (χ1v) is 14.8. The van der Waals surface area contributed by atoms with E-state index in [0.717, 1.165) is 25.7 Å². The van der Waals surface area contributed by atoms with Crippen molar-refractivity contribution in [1.29, 1.82) is 0 Å². The Morgan fingerprint density at radius 2 is 1.68 bits per heavy atom. The SMILES string of the molecule is CC(=O)O[C@H]1CC[C@]2(C)C3=C([C@H](OC(C)=O)[C@@H]4O[C@@]42C1)[C@@H]1CC[C@H]([C@H](C)/C=C/[C@H](C)C(C)C)[C@@]1(C)CC3. The van der Waals surface area contributed by atoms with Crippen LogP contribution in [0.15, 0.2) is 23.3 Å². The van der Waals surface area contributed by atoms with Gasteiger partial charge in [-0.25, -0.2) is 0 Å². The van der Waals surface area contributed by atoms with Gasteiger partial charge in [0.15, 0.2) is 6.10 Å². The van der Waals surface area contributed by atoms with Crippen LogP contribution in [0.5, 0.6) is 0 Å². The number of hydrogen-bond donors (Lipinski definition) is 0. The molecular formula is C32H48O5. The van der Waals surface area contributed by atoms with Crippen molar-refractivity contribution in [3.05, 3.63) is 23.3 Å². The van der Waals surface area contributed by atoms with E-state index >= 15 is 0 Å². The Morgan fingerprint density at radius 1 is 0.973 bits per heavy atom. The number of fused-ring (bicyclic) bond motifs is 3. The van der Waals surface area contributed by atoms with Crippen molar-refractivity contribution in [1.82, 2.24) is 0 Å². The van der Waals surface area contributed by atoms with E-state index in [4.69, 9.17) is 14.2 Å². The summed E-state index contributed by atoms with van der Waals surface area (Å²) in [4.78, 5) is 24.1. The summed E-state index contributed by atoms with van der Waals surface area (Å²) in [6.45, 7) is 17.2. The molecule has 0 amide bonds. The standard InChI is InChI=1S/C32H48O5/c1-18(2)19(3)9-10-20(4)24-11-12-25-27-26(14-15-30(24,25)7)31(8)16-13-23(35-21(5)33)17-32(31)29(37-32)28(27)36-22(6)34/h9-10,18-20,23-25,28-29H,11-17H2,1-8H3/b10-9+/t19-,20+,23-,24+,25-,28-,29-,30+,31+,32-/m0/s1. The lowest BCUT2D eigenvalue weighted by Crippen LogP contribution is -2.56. The van der Waals surface area contributed by atoms with Crippen molar-refractivity contribution >= 4 is 11.9 Å². The maximum atomic E-state index is 12.4. The summed E-state index contributed by atoms with van der Waals surface area (Å²) in [7, 11) is 0. The molecule has 5 rings (SSSR count). The number of hydrogen-bond acceptors (Lipinski definition) is 5. The summed E-state index contributed by atoms with van der Waals surface area (Å²) in [6.07, 6.45) is 11.4. The molecule has 1 aliphatic heterocycles. The molecule has 0 bridgehead atoms. The molecule has 3 fully saturated rings. The van der Waals surface area contributed by atoms with Gasteiger partial charge in [-0.3, -0.25) is 9.59 Å². The fraction of sp³-hybridized carbons (Fsp3) is 0.812. The lowest BCUT2D eigenvalue weighted by atomic mass is 9.49. The number of carbonyl (C=O) groups excluding carboxylic acids is 2. The minimum Gasteiger partial charge on any atom is -0.462 e. The zero-order valence-electron chi connectivity index (χ0n) is 24.3. The van der Waals surface area contributed by atoms with Crippen molar-refractivity contribution in [3.8, 4) is 0 Å². The Bertz CT molecular complexity index is 1010. The number of esters is 2. The van der Waals surface area contributed by atoms with Crippen LogP contribution in [0.1, 0.15) is 100 Å². The van der Waals surface area contributed by atoms with E-state index in [1.54, 1.807) is 0 Å². The number of epoxide rings is 1. The first-order chi connectivity index (χ1) is 17.3. The lowest BCUT2D eigenvalue weighted by Gasteiger charge is -2.54. The van der Waals surface area contributed by atoms with E-state index in [1.165, 1.54) is 37.8 Å². The van der Waals surface area contributed by atoms with Gasteiger partial charge in [0.25, 0.3) is 0 Å². The van der Waals surface area contributed by atoms with Gasteiger partial charge in [0.1, 0.15) is 17.8 Å². The third kappa shape index (κ3) is 4.13. The second kappa shape index (κ2) is 9.24. The second-order valence-electron chi connectivity index (χ2n) is 13.8. The number of ether oxygens (including phenoxy) is 3. The molecule has 206 valence electrons. The predicted molar refractivity (Wildman–Crippen MR) is 144 cm³/mol. The van der Waals surface area contributed by atoms with Gasteiger partial charge >= 0.3 is 11.9 Å². The van der Waals surface area contributed by atoms with E-state index in [1.807, 2.05) is 0 Å². The first kappa shape index (κ1) is 27.0. The Kier molecular flexibility index (Phi) is 6.74. The molecule has 5 aliphatic rings. The van der Waals surface area contributed by atoms with Gasteiger partial charge in [0.05, 0.1) is 0 Å². The van der Waals surface area contributed by atoms with Gasteiger partial charge in [-0.1, -0.05) is 59.3 Å². The molecule has 0 radical (unpaired) electrons. The summed E-state index contributed by atoms with van der Waals surface area (Å²) in [5.41, 5.74) is 2.61. The van der Waals surface area contributed by atoms with E-state index in [2.05, 4.69) is 53.7 Å². The van der Waals surface area contributed by atoms with Crippen molar-refractivity contribution in [2.75, 3.05) is 0 Å². The Labute approximate surface area is 223 Å². The zero-order chi connectivity index (χ0) is 26.9. The molecule has 0 unspecified atom stereocenters. The van der Waals surface area contributed by atoms with Crippen molar-refractivity contribution in [2.45, 2.75) is 124 Å². The van der Waals surface area contributed by atoms with Gasteiger partial charge < -0.3 is 14.2 Å². The van der Waals surface area contributed by atoms with Crippen LogP contribution in [0.3, 0.4) is 0 Å². The summed E-state index contributed by atoms with van der Waals surface area (Å²) in [5, 5.41) is 0. The summed E-state index contributed by atoms with van der Waals surface area (Å²) in [5.74, 6) is 2.35. The smallest absolute Gasteiger partial charge is 0.303 e. The summed E-state index contributed by atoms with van der Waals surface area (Å²) < 4.78 is 18.4. The molecule has 5 nitrogen and oxygen atoms in total. The summed E-state index contributed by atoms with van der Waals surface area (Å²) >= 11 is 0. The van der Waals surface area contributed by atoms with Crippen LogP contribution < -0.4 is 0 Å². The highest BCUT2D eigenvalue weighted by molar-refractivity contribution is 5.67. The number of rotatable bonds is 6. The zero-order valence-corrected chi connectivity index (χ0v) is 24.3. The highest BCUT2D eigenvalue weighted by Crippen LogP contribution is 2.72. The Hall–Kier alpha value is -1.62. The molecule has 0 aromatic heterocycles. The topological polar surface area (TPSA) is 65.1 Å². The predicted octanol–water partition coefficient (Wildman–Crippen LogP) is 6.80. The third-order valence-electron chi connectivity index (χ3n) is 11.5. The fourth-order valence-electron chi connectivity index (χ4n) is 9.06. The first-order valence-electron chi connectivity index (χ1n) is 14.8. The number of carbonyl (C=O) groups is 2. The molecule has 10 atom stereocenters. The van der Waals surface area contributed by atoms with Gasteiger partial charge in [-0.2, -0.15) is 0 Å². The fourth-order valence-corrected chi connectivity index (χ4v) is 9.06.